The van der Waals surface area contributed by atoms with Crippen molar-refractivity contribution in [3.05, 3.63) is 60.7 Å². The van der Waals surface area contributed by atoms with Gasteiger partial charge in [-0.05, 0) is 0 Å². The van der Waals surface area contributed by atoms with Crippen molar-refractivity contribution in [2.24, 2.45) is 0 Å². The van der Waals surface area contributed by atoms with Gasteiger partial charge in [-0.3, -0.25) is 0 Å². The Bertz CT molecular complexity index is 766. The van der Waals surface area contributed by atoms with Gasteiger partial charge in [0, 0.05) is 0 Å². The Hall–Kier alpha value is -0.872. The Kier molecular flexibility index (Phi) is 7.69. The molecule has 2 aromatic rings. The van der Waals surface area contributed by atoms with E-state index in [0.717, 1.165) is 0 Å². The first-order valence-corrected chi connectivity index (χ1v) is 16.5. The van der Waals surface area contributed by atoms with Gasteiger partial charge < -0.3 is 4.55 Å². The molecule has 0 saturated carbocycles. The fraction of sp³-hybridized carbons (Fsp3) is 0.250. The smallest absolute Gasteiger partial charge is 0.485 e. The molecule has 0 spiro atoms. The third-order valence-corrected chi connectivity index (χ3v) is 21.5. The van der Waals surface area contributed by atoms with E-state index in [-0.39, 0.29) is 0 Å². The second-order valence-corrected chi connectivity index (χ2v) is 22.9. The normalized spacial score (nSPS) is 13.6. The molecule has 3 nitrogen and oxygen atoms in total. The van der Waals surface area contributed by atoms with Crippen LogP contribution in [0.15, 0.2) is 60.7 Å². The van der Waals surface area contributed by atoms with Gasteiger partial charge in [0.2, 0.25) is 0 Å². The van der Waals surface area contributed by atoms with Crippen molar-refractivity contribution >= 4 is 39.8 Å². The van der Waals surface area contributed by atoms with E-state index < -0.39 is 35.6 Å². The summed E-state index contributed by atoms with van der Waals surface area (Å²) in [5, 5.41) is 1.58. The van der Waals surface area contributed by atoms with Gasteiger partial charge in [0.1, 0.15) is 0 Å². The van der Waals surface area contributed by atoms with E-state index >= 15 is 0 Å². The zero-order valence-corrected chi connectivity index (χ0v) is 17.5. The van der Waals surface area contributed by atoms with Crippen LogP contribution in [0.1, 0.15) is 0 Å². The molecule has 0 aromatic heterocycles. The van der Waals surface area contributed by atoms with Crippen molar-refractivity contribution in [3.8, 4) is 0 Å². The summed E-state index contributed by atoms with van der Waals surface area (Å²) in [6.07, 6.45) is 0. The molecule has 25 heavy (non-hydrogen) atoms. The average molecular weight is 454 g/mol. The molecule has 0 aliphatic rings. The maximum atomic E-state index is 10.7. The summed E-state index contributed by atoms with van der Waals surface area (Å²) in [7, 11) is -6.09. The number of halogens is 3. The van der Waals surface area contributed by atoms with E-state index in [1.54, 1.807) is 9.66 Å². The SMILES string of the molecule is C[As](c1ccccc1)[P+](C)(C)c1ccccc1.O=S(=O)([O-])C(F)(F)F. The van der Waals surface area contributed by atoms with E-state index in [1.165, 1.54) is 0 Å². The molecule has 0 aliphatic carbocycles. The molecule has 2 rings (SSSR count). The molecule has 0 bridgehead atoms. The van der Waals surface area contributed by atoms with Crippen LogP contribution in [0.4, 0.5) is 13.2 Å². The summed E-state index contributed by atoms with van der Waals surface area (Å²) in [5.41, 5.74) is -3.14. The number of rotatable bonds is 3. The molecule has 0 radical (unpaired) electrons. The van der Waals surface area contributed by atoms with Crippen molar-refractivity contribution in [2.75, 3.05) is 13.3 Å². The van der Waals surface area contributed by atoms with Crippen LogP contribution in [-0.2, 0) is 10.1 Å². The van der Waals surface area contributed by atoms with Gasteiger partial charge in [-0.15, -0.1) is 0 Å². The quantitative estimate of drug-likeness (QED) is 0.310. The second kappa shape index (κ2) is 8.68. The third kappa shape index (κ3) is 6.41. The van der Waals surface area contributed by atoms with E-state index in [9.17, 15) is 13.2 Å². The molecule has 2 aromatic carbocycles. The zero-order chi connectivity index (χ0) is 19.3. The number of benzene rings is 2. The molecular weight excluding hydrogens is 435 g/mol. The summed E-state index contributed by atoms with van der Waals surface area (Å²) >= 11 is -0.960. The number of hydrogen-bond acceptors (Lipinski definition) is 3. The third-order valence-electron chi connectivity index (χ3n) is 3.55. The number of hydrogen-bond donors (Lipinski definition) is 0. The minimum atomic E-state index is -6.09. The molecule has 9 heteroatoms. The fourth-order valence-corrected chi connectivity index (χ4v) is 12.3. The Balaban J connectivity index is 0.000000333. The molecule has 0 heterocycles. The molecule has 0 saturated heterocycles. The molecule has 1 atom stereocenters. The second-order valence-electron chi connectivity index (χ2n) is 5.49. The maximum absolute atomic E-state index is 10.7. The van der Waals surface area contributed by atoms with Gasteiger partial charge in [-0.25, -0.2) is 8.42 Å². The van der Waals surface area contributed by atoms with E-state index in [2.05, 4.69) is 79.7 Å². The van der Waals surface area contributed by atoms with Crippen LogP contribution < -0.4 is 9.66 Å². The maximum Gasteiger partial charge on any atom is 0.485 e. The Morgan fingerprint density at radius 2 is 1.28 bits per heavy atom. The summed E-state index contributed by atoms with van der Waals surface area (Å²) in [5.74, 6) is -0.962. The van der Waals surface area contributed by atoms with Gasteiger partial charge in [-0.2, -0.15) is 13.2 Å². The monoisotopic (exact) mass is 454 g/mol. The van der Waals surface area contributed by atoms with Crippen LogP contribution in [0.25, 0.3) is 0 Å². The summed E-state index contributed by atoms with van der Waals surface area (Å²) in [6.45, 7) is 4.99. The molecule has 138 valence electrons. The topological polar surface area (TPSA) is 57.2 Å². The van der Waals surface area contributed by atoms with Crippen LogP contribution in [-0.4, -0.2) is 46.0 Å². The molecular formula is C16H19AsF3O3PS. The molecule has 0 fully saturated rings. The van der Waals surface area contributed by atoms with Crippen molar-refractivity contribution < 1.29 is 26.1 Å². The van der Waals surface area contributed by atoms with E-state index in [1.807, 2.05) is 0 Å². The Morgan fingerprint density at radius 1 is 0.920 bits per heavy atom. The molecule has 0 amide bonds. The van der Waals surface area contributed by atoms with Gasteiger partial charge >= 0.3 is 115 Å². The van der Waals surface area contributed by atoms with Crippen molar-refractivity contribution in [3.63, 3.8) is 0 Å². The van der Waals surface area contributed by atoms with Crippen LogP contribution in [0.5, 0.6) is 0 Å². The molecule has 0 aliphatic heterocycles. The minimum Gasteiger partial charge on any atom is -0.741 e. The summed E-state index contributed by atoms with van der Waals surface area (Å²) < 4.78 is 60.5. The van der Waals surface area contributed by atoms with Crippen LogP contribution in [0.2, 0.25) is 5.71 Å². The van der Waals surface area contributed by atoms with E-state index in [4.69, 9.17) is 13.0 Å². The van der Waals surface area contributed by atoms with Crippen molar-refractivity contribution in [2.45, 2.75) is 11.2 Å². The van der Waals surface area contributed by atoms with Gasteiger partial charge in [0.25, 0.3) is 0 Å². The average Bonchev–Trinajstić information content (AvgIpc) is 2.54. The first-order valence-electron chi connectivity index (χ1n) is 7.08. The predicted molar refractivity (Wildman–Crippen MR) is 98.3 cm³/mol. The largest absolute Gasteiger partial charge is 0.741 e. The zero-order valence-electron chi connectivity index (χ0n) is 13.9. The molecule has 1 unspecified atom stereocenters. The van der Waals surface area contributed by atoms with Gasteiger partial charge in [0.15, 0.2) is 10.1 Å². The fourth-order valence-electron chi connectivity index (χ4n) is 1.90. The van der Waals surface area contributed by atoms with E-state index in [0.29, 0.717) is 0 Å². The number of alkyl halides is 3. The predicted octanol–water partition coefficient (Wildman–Crippen LogP) is 3.17. The first-order chi connectivity index (χ1) is 11.4. The van der Waals surface area contributed by atoms with Crippen LogP contribution in [0.3, 0.4) is 0 Å². The Morgan fingerprint density at radius 3 is 1.64 bits per heavy atom. The van der Waals surface area contributed by atoms with Crippen molar-refractivity contribution in [1.82, 2.24) is 0 Å². The van der Waals surface area contributed by atoms with Crippen LogP contribution in [0, 0.1) is 0 Å². The molecule has 0 N–H and O–H groups in total. The van der Waals surface area contributed by atoms with Gasteiger partial charge in [0.05, 0.1) is 0 Å². The Labute approximate surface area is 151 Å². The van der Waals surface area contributed by atoms with Crippen molar-refractivity contribution in [1.29, 1.82) is 0 Å². The van der Waals surface area contributed by atoms with Crippen LogP contribution >= 0.6 is 5.82 Å². The van der Waals surface area contributed by atoms with Gasteiger partial charge in [-0.1, -0.05) is 0 Å². The summed E-state index contributed by atoms with van der Waals surface area (Å²) in [4.78, 5) is 0. The standard InChI is InChI=1S/C15H19AsP.CHF3O3S/c1-16(14-10-6-4-7-11-14)17(2,3)15-12-8-5-9-13-15;2-1(3,4)8(5,6)7/h4-13H,1-3H3;(H,5,6,7)/q+1;/p-1. The summed E-state index contributed by atoms with van der Waals surface area (Å²) in [6, 6.07) is 22.1. The minimum absolute atomic E-state index is 0.960. The first kappa shape index (κ1) is 22.2.